The molecule has 1 atom stereocenters. The molecule has 2 aliphatic rings. The number of benzene rings is 1. The quantitative estimate of drug-likeness (QED) is 0.874. The topological polar surface area (TPSA) is 38.8 Å². The van der Waals surface area contributed by atoms with Crippen LogP contribution in [0.25, 0.3) is 0 Å². The van der Waals surface area contributed by atoms with Gasteiger partial charge in [0.15, 0.2) is 0 Å². The number of hydrogen-bond acceptors (Lipinski definition) is 4. The molecule has 6 heteroatoms. The summed E-state index contributed by atoms with van der Waals surface area (Å²) >= 11 is 5.95. The summed E-state index contributed by atoms with van der Waals surface area (Å²) in [5, 5.41) is 4.08. The van der Waals surface area contributed by atoms with Crippen LogP contribution in [0.2, 0.25) is 5.02 Å². The Balaban J connectivity index is 1.60. The van der Waals surface area contributed by atoms with Crippen molar-refractivity contribution in [1.29, 1.82) is 0 Å². The van der Waals surface area contributed by atoms with Crippen LogP contribution in [0.3, 0.4) is 0 Å². The Morgan fingerprint density at radius 1 is 1.15 bits per heavy atom. The van der Waals surface area contributed by atoms with Crippen LogP contribution < -0.4 is 5.32 Å². The fraction of sp³-hybridized carbons (Fsp3) is 0.650. The van der Waals surface area contributed by atoms with Crippen LogP contribution in [-0.4, -0.2) is 79.0 Å². The minimum Gasteiger partial charge on any atom is -0.374 e. The molecule has 0 radical (unpaired) electrons. The smallest absolute Gasteiger partial charge is 0.245 e. The molecule has 0 saturated carbocycles. The monoisotopic (exact) mass is 378 g/mol. The van der Waals surface area contributed by atoms with E-state index in [0.29, 0.717) is 5.02 Å². The van der Waals surface area contributed by atoms with E-state index in [1.807, 2.05) is 29.2 Å². The first-order chi connectivity index (χ1) is 12.4. The number of piperazine rings is 1. The van der Waals surface area contributed by atoms with Crippen LogP contribution in [-0.2, 0) is 4.79 Å². The van der Waals surface area contributed by atoms with E-state index in [1.165, 1.54) is 0 Å². The highest BCUT2D eigenvalue weighted by molar-refractivity contribution is 6.30. The SMILES string of the molecule is CC[C@H](Nc1ccc(Cl)cc1)C(=O)N1CCC2(CC1)CN(C)CCN2C. The Morgan fingerprint density at radius 2 is 1.81 bits per heavy atom. The van der Waals surface area contributed by atoms with Gasteiger partial charge in [0.25, 0.3) is 0 Å². The molecule has 2 heterocycles. The van der Waals surface area contributed by atoms with Crippen LogP contribution in [0.5, 0.6) is 0 Å². The molecule has 144 valence electrons. The number of nitrogens with one attached hydrogen (secondary N) is 1. The Labute approximate surface area is 162 Å². The lowest BCUT2D eigenvalue weighted by Crippen LogP contribution is -2.64. The summed E-state index contributed by atoms with van der Waals surface area (Å²) in [6, 6.07) is 7.37. The first-order valence-corrected chi connectivity index (χ1v) is 10.0. The zero-order valence-corrected chi connectivity index (χ0v) is 16.9. The minimum atomic E-state index is -0.183. The van der Waals surface area contributed by atoms with Gasteiger partial charge < -0.3 is 15.1 Å². The zero-order chi connectivity index (χ0) is 18.7. The summed E-state index contributed by atoms with van der Waals surface area (Å²) in [5.41, 5.74) is 1.17. The van der Waals surface area contributed by atoms with Crippen molar-refractivity contribution < 1.29 is 4.79 Å². The number of rotatable bonds is 4. The lowest BCUT2D eigenvalue weighted by atomic mass is 9.83. The lowest BCUT2D eigenvalue weighted by Gasteiger charge is -2.52. The van der Waals surface area contributed by atoms with Gasteiger partial charge in [0.05, 0.1) is 0 Å². The molecule has 1 aromatic rings. The van der Waals surface area contributed by atoms with Crippen molar-refractivity contribution in [3.8, 4) is 0 Å². The summed E-state index contributed by atoms with van der Waals surface area (Å²) in [6.45, 7) is 7.09. The number of carbonyl (C=O) groups excluding carboxylic acids is 1. The summed E-state index contributed by atoms with van der Waals surface area (Å²) < 4.78 is 0. The third kappa shape index (κ3) is 4.16. The highest BCUT2D eigenvalue weighted by Crippen LogP contribution is 2.31. The molecule has 0 aromatic heterocycles. The van der Waals surface area contributed by atoms with Gasteiger partial charge in [0, 0.05) is 49.0 Å². The van der Waals surface area contributed by atoms with E-state index in [2.05, 4.69) is 36.1 Å². The fourth-order valence-electron chi connectivity index (χ4n) is 4.25. The number of nitrogens with zero attached hydrogens (tertiary/aromatic N) is 3. The largest absolute Gasteiger partial charge is 0.374 e. The van der Waals surface area contributed by atoms with E-state index in [0.717, 1.165) is 57.7 Å². The number of likely N-dealkylation sites (N-methyl/N-ethyl adjacent to an activating group) is 2. The average molecular weight is 379 g/mol. The Bertz CT molecular complexity index is 613. The third-order valence-electron chi connectivity index (χ3n) is 6.09. The third-order valence-corrected chi connectivity index (χ3v) is 6.34. The van der Waals surface area contributed by atoms with Crippen molar-refractivity contribution in [3.63, 3.8) is 0 Å². The van der Waals surface area contributed by atoms with E-state index >= 15 is 0 Å². The van der Waals surface area contributed by atoms with Crippen molar-refractivity contribution in [1.82, 2.24) is 14.7 Å². The lowest BCUT2D eigenvalue weighted by molar-refractivity contribution is -0.135. The maximum atomic E-state index is 13.0. The van der Waals surface area contributed by atoms with Gasteiger partial charge in [-0.25, -0.2) is 0 Å². The number of likely N-dealkylation sites (tertiary alicyclic amines) is 1. The Kier molecular flexibility index (Phi) is 6.10. The average Bonchev–Trinajstić information content (AvgIpc) is 2.65. The van der Waals surface area contributed by atoms with Gasteiger partial charge in [-0.15, -0.1) is 0 Å². The molecule has 0 aliphatic carbocycles. The summed E-state index contributed by atoms with van der Waals surface area (Å²) in [5.74, 6) is 0.212. The van der Waals surface area contributed by atoms with E-state index in [9.17, 15) is 4.79 Å². The van der Waals surface area contributed by atoms with Crippen molar-refractivity contribution in [2.45, 2.75) is 37.8 Å². The molecule has 1 aromatic carbocycles. The van der Waals surface area contributed by atoms with Crippen LogP contribution >= 0.6 is 11.6 Å². The van der Waals surface area contributed by atoms with Crippen molar-refractivity contribution in [2.75, 3.05) is 52.1 Å². The highest BCUT2D eigenvalue weighted by atomic mass is 35.5. The Hall–Kier alpha value is -1.30. The van der Waals surface area contributed by atoms with Crippen molar-refractivity contribution >= 4 is 23.2 Å². The number of piperidine rings is 1. The second kappa shape index (κ2) is 8.15. The summed E-state index contributed by atoms with van der Waals surface area (Å²) in [7, 11) is 4.44. The number of anilines is 1. The van der Waals surface area contributed by atoms with Crippen molar-refractivity contribution in [3.05, 3.63) is 29.3 Å². The van der Waals surface area contributed by atoms with Crippen LogP contribution in [0.15, 0.2) is 24.3 Å². The van der Waals surface area contributed by atoms with Gasteiger partial charge in [-0.05, 0) is 57.6 Å². The summed E-state index contributed by atoms with van der Waals surface area (Å²) in [6.07, 6.45) is 2.87. The second-order valence-electron chi connectivity index (χ2n) is 7.82. The van der Waals surface area contributed by atoms with Gasteiger partial charge in [-0.1, -0.05) is 18.5 Å². The zero-order valence-electron chi connectivity index (χ0n) is 16.2. The molecule has 5 nitrogen and oxygen atoms in total. The highest BCUT2D eigenvalue weighted by Gasteiger charge is 2.42. The maximum absolute atomic E-state index is 13.0. The van der Waals surface area contributed by atoms with E-state index in [4.69, 9.17) is 11.6 Å². The molecular formula is C20H31ClN4O. The predicted octanol–water partition coefficient (Wildman–Crippen LogP) is 2.77. The van der Waals surface area contributed by atoms with Gasteiger partial charge in [-0.3, -0.25) is 9.69 Å². The predicted molar refractivity (Wildman–Crippen MR) is 108 cm³/mol. The van der Waals surface area contributed by atoms with Gasteiger partial charge >= 0.3 is 0 Å². The molecule has 2 fully saturated rings. The molecule has 0 bridgehead atoms. The number of hydrogen-bond donors (Lipinski definition) is 1. The summed E-state index contributed by atoms with van der Waals surface area (Å²) in [4.78, 5) is 20.0. The van der Waals surface area contributed by atoms with Gasteiger partial charge in [0.2, 0.25) is 5.91 Å². The van der Waals surface area contributed by atoms with E-state index in [1.54, 1.807) is 0 Å². The number of carbonyl (C=O) groups is 1. The van der Waals surface area contributed by atoms with E-state index < -0.39 is 0 Å². The molecule has 3 rings (SSSR count). The molecule has 1 N–H and O–H groups in total. The maximum Gasteiger partial charge on any atom is 0.245 e. The molecule has 0 unspecified atom stereocenters. The van der Waals surface area contributed by atoms with Crippen LogP contribution in [0.1, 0.15) is 26.2 Å². The Morgan fingerprint density at radius 3 is 2.42 bits per heavy atom. The molecule has 26 heavy (non-hydrogen) atoms. The molecule has 2 aliphatic heterocycles. The second-order valence-corrected chi connectivity index (χ2v) is 8.26. The van der Waals surface area contributed by atoms with E-state index in [-0.39, 0.29) is 17.5 Å². The number of halogens is 1. The molecular weight excluding hydrogens is 348 g/mol. The normalized spacial score (nSPS) is 22.4. The van der Waals surface area contributed by atoms with Gasteiger partial charge in [0.1, 0.15) is 6.04 Å². The fourth-order valence-corrected chi connectivity index (χ4v) is 4.38. The molecule has 1 amide bonds. The number of amides is 1. The first-order valence-electron chi connectivity index (χ1n) is 9.64. The molecule has 2 saturated heterocycles. The van der Waals surface area contributed by atoms with Crippen LogP contribution in [0, 0.1) is 0 Å². The van der Waals surface area contributed by atoms with Crippen molar-refractivity contribution in [2.24, 2.45) is 0 Å². The molecule has 1 spiro atoms. The van der Waals surface area contributed by atoms with Gasteiger partial charge in [-0.2, -0.15) is 0 Å². The minimum absolute atomic E-state index is 0.183. The standard InChI is InChI=1S/C20H31ClN4O/c1-4-18(22-17-7-5-16(21)6-8-17)19(26)25-11-9-20(10-12-25)15-23(2)13-14-24(20)3/h5-8,18,22H,4,9-15H2,1-3H3/t18-/m0/s1. The van der Waals surface area contributed by atoms with Crippen LogP contribution in [0.4, 0.5) is 5.69 Å². The first kappa shape index (κ1) is 19.5.